The van der Waals surface area contributed by atoms with Gasteiger partial charge in [-0.1, -0.05) is 78.1 Å². The van der Waals surface area contributed by atoms with Gasteiger partial charge in [0.25, 0.3) is 5.91 Å². The fraction of sp³-hybridized carbons (Fsp3) is 0.391. The van der Waals surface area contributed by atoms with Crippen LogP contribution in [0.4, 0.5) is 0 Å². The van der Waals surface area contributed by atoms with E-state index in [0.717, 1.165) is 10.0 Å². The van der Waals surface area contributed by atoms with Crippen LogP contribution in [0.5, 0.6) is 5.75 Å². The Hall–Kier alpha value is -1.76. The standard InChI is InChI=1S/C23H27BrCl2N2O3/c1-4-20(23(30)27-12-15(2)3)28(13-16-7-5-6-8-18(16)25)22(29)14-31-21-10-9-17(24)11-19(21)26/h5-11,15,20H,4,12-14H2,1-3H3,(H,27,30). The quantitative estimate of drug-likeness (QED) is 0.428. The van der Waals surface area contributed by atoms with Crippen LogP contribution in [0.3, 0.4) is 0 Å². The summed E-state index contributed by atoms with van der Waals surface area (Å²) in [5.41, 5.74) is 0.759. The molecule has 0 aliphatic heterocycles. The maximum atomic E-state index is 13.2. The molecular formula is C23H27BrCl2N2O3. The average molecular weight is 530 g/mol. The minimum atomic E-state index is -0.647. The highest BCUT2D eigenvalue weighted by Crippen LogP contribution is 2.28. The molecule has 8 heteroatoms. The predicted molar refractivity (Wildman–Crippen MR) is 129 cm³/mol. The number of rotatable bonds is 10. The number of ether oxygens (including phenoxy) is 1. The molecule has 2 amide bonds. The summed E-state index contributed by atoms with van der Waals surface area (Å²) in [7, 11) is 0. The molecule has 0 aliphatic carbocycles. The fourth-order valence-electron chi connectivity index (χ4n) is 2.97. The molecule has 2 aromatic carbocycles. The van der Waals surface area contributed by atoms with Crippen molar-refractivity contribution in [3.05, 3.63) is 62.5 Å². The number of carbonyl (C=O) groups is 2. The molecule has 0 aliphatic rings. The van der Waals surface area contributed by atoms with E-state index in [2.05, 4.69) is 21.2 Å². The van der Waals surface area contributed by atoms with Crippen molar-refractivity contribution in [2.24, 2.45) is 5.92 Å². The first-order valence-corrected chi connectivity index (χ1v) is 11.7. The first-order valence-electron chi connectivity index (χ1n) is 10.1. The number of amides is 2. The maximum Gasteiger partial charge on any atom is 0.261 e. The minimum Gasteiger partial charge on any atom is -0.482 e. The molecule has 1 N–H and O–H groups in total. The third-order valence-electron chi connectivity index (χ3n) is 4.61. The van der Waals surface area contributed by atoms with Gasteiger partial charge < -0.3 is 15.0 Å². The largest absolute Gasteiger partial charge is 0.482 e. The van der Waals surface area contributed by atoms with Gasteiger partial charge in [0.05, 0.1) is 5.02 Å². The molecule has 0 aromatic heterocycles. The lowest BCUT2D eigenvalue weighted by Crippen LogP contribution is -2.50. The molecule has 1 unspecified atom stereocenters. The lowest BCUT2D eigenvalue weighted by molar-refractivity contribution is -0.143. The monoisotopic (exact) mass is 528 g/mol. The molecule has 31 heavy (non-hydrogen) atoms. The van der Waals surface area contributed by atoms with Crippen molar-refractivity contribution in [2.75, 3.05) is 13.2 Å². The lowest BCUT2D eigenvalue weighted by Gasteiger charge is -2.31. The second-order valence-corrected chi connectivity index (χ2v) is 9.27. The van der Waals surface area contributed by atoms with Crippen LogP contribution in [0.2, 0.25) is 10.0 Å². The highest BCUT2D eigenvalue weighted by molar-refractivity contribution is 9.10. The third-order valence-corrected chi connectivity index (χ3v) is 5.77. The van der Waals surface area contributed by atoms with Gasteiger partial charge in [0, 0.05) is 22.6 Å². The van der Waals surface area contributed by atoms with Gasteiger partial charge in [-0.05, 0) is 42.2 Å². The second kappa shape index (κ2) is 12.3. The van der Waals surface area contributed by atoms with Crippen LogP contribution in [0.25, 0.3) is 0 Å². The Morgan fingerprint density at radius 2 is 1.84 bits per heavy atom. The van der Waals surface area contributed by atoms with Crippen molar-refractivity contribution in [3.63, 3.8) is 0 Å². The van der Waals surface area contributed by atoms with Gasteiger partial charge in [0.1, 0.15) is 11.8 Å². The van der Waals surface area contributed by atoms with Crippen molar-refractivity contribution >= 4 is 50.9 Å². The Balaban J connectivity index is 2.23. The third kappa shape index (κ3) is 7.70. The summed E-state index contributed by atoms with van der Waals surface area (Å²) in [6.07, 6.45) is 0.458. The van der Waals surface area contributed by atoms with Crippen LogP contribution in [0.1, 0.15) is 32.8 Å². The predicted octanol–water partition coefficient (Wildman–Crippen LogP) is 5.71. The van der Waals surface area contributed by atoms with E-state index in [1.807, 2.05) is 39.0 Å². The molecule has 2 aromatic rings. The number of hydrogen-bond acceptors (Lipinski definition) is 3. The lowest BCUT2D eigenvalue weighted by atomic mass is 10.1. The first-order chi connectivity index (χ1) is 14.7. The molecule has 0 radical (unpaired) electrons. The number of halogens is 3. The zero-order valence-corrected chi connectivity index (χ0v) is 20.9. The zero-order chi connectivity index (χ0) is 23.0. The summed E-state index contributed by atoms with van der Waals surface area (Å²) in [5, 5.41) is 3.85. The van der Waals surface area contributed by atoms with Gasteiger partial charge in [-0.15, -0.1) is 0 Å². The molecule has 0 saturated heterocycles. The SMILES string of the molecule is CCC(C(=O)NCC(C)C)N(Cc1ccccc1Cl)C(=O)COc1ccc(Br)cc1Cl. The van der Waals surface area contributed by atoms with Crippen LogP contribution in [0.15, 0.2) is 46.9 Å². The Kier molecular flexibility index (Phi) is 10.1. The first kappa shape index (κ1) is 25.5. The molecule has 168 valence electrons. The molecule has 0 bridgehead atoms. The number of nitrogens with one attached hydrogen (secondary N) is 1. The van der Waals surface area contributed by atoms with Gasteiger partial charge in [-0.2, -0.15) is 0 Å². The van der Waals surface area contributed by atoms with Crippen LogP contribution in [-0.2, 0) is 16.1 Å². The van der Waals surface area contributed by atoms with Gasteiger partial charge in [0.2, 0.25) is 5.91 Å². The average Bonchev–Trinajstić information content (AvgIpc) is 2.72. The molecule has 0 spiro atoms. The summed E-state index contributed by atoms with van der Waals surface area (Å²) in [6.45, 7) is 6.39. The van der Waals surface area contributed by atoms with Crippen molar-refractivity contribution in [1.82, 2.24) is 10.2 Å². The van der Waals surface area contributed by atoms with Crippen LogP contribution in [-0.4, -0.2) is 35.9 Å². The van der Waals surface area contributed by atoms with E-state index in [-0.39, 0.29) is 25.0 Å². The van der Waals surface area contributed by atoms with E-state index in [1.54, 1.807) is 24.3 Å². The van der Waals surface area contributed by atoms with Gasteiger partial charge in [0.15, 0.2) is 6.61 Å². The summed E-state index contributed by atoms with van der Waals surface area (Å²) in [6, 6.07) is 11.8. The molecule has 5 nitrogen and oxygen atoms in total. The highest BCUT2D eigenvalue weighted by atomic mass is 79.9. The van der Waals surface area contributed by atoms with E-state index < -0.39 is 6.04 Å². The summed E-state index contributed by atoms with van der Waals surface area (Å²) in [5.74, 6) is 0.175. The Labute approximate surface area is 202 Å². The number of carbonyl (C=O) groups excluding carboxylic acids is 2. The Morgan fingerprint density at radius 3 is 2.45 bits per heavy atom. The van der Waals surface area contributed by atoms with E-state index in [0.29, 0.717) is 34.7 Å². The number of nitrogens with zero attached hydrogens (tertiary/aromatic N) is 1. The van der Waals surface area contributed by atoms with Gasteiger partial charge >= 0.3 is 0 Å². The van der Waals surface area contributed by atoms with Crippen LogP contribution >= 0.6 is 39.1 Å². The molecule has 0 saturated carbocycles. The maximum absolute atomic E-state index is 13.2. The molecule has 1 atom stereocenters. The van der Waals surface area contributed by atoms with Crippen molar-refractivity contribution in [1.29, 1.82) is 0 Å². The zero-order valence-electron chi connectivity index (χ0n) is 17.8. The van der Waals surface area contributed by atoms with Crippen molar-refractivity contribution in [2.45, 2.75) is 39.8 Å². The van der Waals surface area contributed by atoms with E-state index in [9.17, 15) is 9.59 Å². The molecule has 0 heterocycles. The Bertz CT molecular complexity index is 908. The topological polar surface area (TPSA) is 58.6 Å². The fourth-order valence-corrected chi connectivity index (χ4v) is 3.89. The molecular weight excluding hydrogens is 503 g/mol. The van der Waals surface area contributed by atoms with Crippen LogP contribution in [0, 0.1) is 5.92 Å². The summed E-state index contributed by atoms with van der Waals surface area (Å²) in [4.78, 5) is 27.6. The summed E-state index contributed by atoms with van der Waals surface area (Å²) >= 11 is 15.9. The number of benzene rings is 2. The normalized spacial score (nSPS) is 11.8. The van der Waals surface area contributed by atoms with Crippen LogP contribution < -0.4 is 10.1 Å². The highest BCUT2D eigenvalue weighted by Gasteiger charge is 2.29. The van der Waals surface area contributed by atoms with E-state index in [4.69, 9.17) is 27.9 Å². The summed E-state index contributed by atoms with van der Waals surface area (Å²) < 4.78 is 6.48. The van der Waals surface area contributed by atoms with Crippen molar-refractivity contribution < 1.29 is 14.3 Å². The molecule has 0 fully saturated rings. The minimum absolute atomic E-state index is 0.196. The second-order valence-electron chi connectivity index (χ2n) is 7.54. The smallest absolute Gasteiger partial charge is 0.261 e. The van der Waals surface area contributed by atoms with E-state index >= 15 is 0 Å². The number of hydrogen-bond donors (Lipinski definition) is 1. The Morgan fingerprint density at radius 1 is 1.13 bits per heavy atom. The molecule has 2 rings (SSSR count). The van der Waals surface area contributed by atoms with Gasteiger partial charge in [-0.3, -0.25) is 9.59 Å². The van der Waals surface area contributed by atoms with Crippen molar-refractivity contribution in [3.8, 4) is 5.75 Å². The van der Waals surface area contributed by atoms with Gasteiger partial charge in [-0.25, -0.2) is 0 Å². The van der Waals surface area contributed by atoms with E-state index in [1.165, 1.54) is 4.90 Å².